The first-order chi connectivity index (χ1) is 24.2. The maximum atomic E-state index is 5.12. The van der Waals surface area contributed by atoms with E-state index < -0.39 is 0 Å². The van der Waals surface area contributed by atoms with E-state index in [0.29, 0.717) is 0 Å². The number of thiophene rings is 1. The molecule has 1 spiro atoms. The molecule has 0 saturated heterocycles. The fourth-order valence-electron chi connectivity index (χ4n) is 8.58. The molecule has 8 aromatic rings. The summed E-state index contributed by atoms with van der Waals surface area (Å²) >= 11 is 1.89. The molecule has 2 aromatic heterocycles. The minimum absolute atomic E-state index is 0.185. The third-order valence-corrected chi connectivity index (χ3v) is 12.1. The lowest BCUT2D eigenvalue weighted by Crippen LogP contribution is -2.27. The van der Waals surface area contributed by atoms with Crippen LogP contribution in [-0.2, 0) is 5.41 Å². The molecule has 0 aliphatic heterocycles. The number of nitrogens with zero attached hydrogens (tertiary/aromatic N) is 2. The summed E-state index contributed by atoms with van der Waals surface area (Å²) < 4.78 is 2.63. The SMILES string of the molecule is c1ccc(-c2cc(-c3ccc4sc5c(-c6ccc7c(c6)-c6ccccc6C76CCCCC6)cccc5c4c3)nc(-c3ccccc3)n2)cc1. The van der Waals surface area contributed by atoms with Crippen molar-refractivity contribution in [3.63, 3.8) is 0 Å². The van der Waals surface area contributed by atoms with Gasteiger partial charge >= 0.3 is 0 Å². The first-order valence-electron chi connectivity index (χ1n) is 17.5. The number of hydrogen-bond acceptors (Lipinski definition) is 3. The lowest BCUT2D eigenvalue weighted by atomic mass is 9.68. The topological polar surface area (TPSA) is 25.8 Å². The van der Waals surface area contributed by atoms with Gasteiger partial charge in [-0.3, -0.25) is 0 Å². The molecule has 0 amide bonds. The van der Waals surface area contributed by atoms with Crippen LogP contribution in [0.5, 0.6) is 0 Å². The van der Waals surface area contributed by atoms with Crippen LogP contribution in [0, 0.1) is 0 Å². The lowest BCUT2D eigenvalue weighted by Gasteiger charge is -2.36. The predicted octanol–water partition coefficient (Wildman–Crippen LogP) is 12.7. The van der Waals surface area contributed by atoms with Crippen LogP contribution in [-0.4, -0.2) is 9.97 Å². The van der Waals surface area contributed by atoms with Crippen molar-refractivity contribution in [2.24, 2.45) is 0 Å². The molecule has 2 nitrogen and oxygen atoms in total. The number of benzene rings is 6. The molecule has 0 N–H and O–H groups in total. The molecular weight excluding hydrogens is 613 g/mol. The van der Waals surface area contributed by atoms with Gasteiger partial charge in [0.25, 0.3) is 0 Å². The number of fused-ring (bicyclic) bond motifs is 8. The normalized spacial score (nSPS) is 14.7. The number of hydrogen-bond donors (Lipinski definition) is 0. The van der Waals surface area contributed by atoms with Crippen LogP contribution in [0.1, 0.15) is 43.2 Å². The van der Waals surface area contributed by atoms with Gasteiger partial charge in [0.15, 0.2) is 5.82 Å². The smallest absolute Gasteiger partial charge is 0.160 e. The van der Waals surface area contributed by atoms with E-state index in [9.17, 15) is 0 Å². The largest absolute Gasteiger partial charge is 0.228 e. The van der Waals surface area contributed by atoms with Crippen LogP contribution >= 0.6 is 11.3 Å². The number of rotatable bonds is 4. The molecule has 49 heavy (non-hydrogen) atoms. The van der Waals surface area contributed by atoms with E-state index in [0.717, 1.165) is 33.9 Å². The van der Waals surface area contributed by atoms with E-state index in [1.54, 1.807) is 11.1 Å². The van der Waals surface area contributed by atoms with Gasteiger partial charge in [0.1, 0.15) is 0 Å². The first kappa shape index (κ1) is 28.6. The highest BCUT2D eigenvalue weighted by molar-refractivity contribution is 7.26. The van der Waals surface area contributed by atoms with Gasteiger partial charge in [-0.2, -0.15) is 0 Å². The zero-order valence-electron chi connectivity index (χ0n) is 27.2. The zero-order chi connectivity index (χ0) is 32.4. The molecule has 1 saturated carbocycles. The van der Waals surface area contributed by atoms with Gasteiger partial charge in [-0.05, 0) is 70.5 Å². The Hall–Kier alpha value is -5.38. The van der Waals surface area contributed by atoms with Crippen molar-refractivity contribution < 1.29 is 0 Å². The van der Waals surface area contributed by atoms with Crippen molar-refractivity contribution in [3.05, 3.63) is 157 Å². The second-order valence-corrected chi connectivity index (χ2v) is 14.7. The Morgan fingerprint density at radius 1 is 0.449 bits per heavy atom. The second-order valence-electron chi connectivity index (χ2n) is 13.6. The summed E-state index contributed by atoms with van der Waals surface area (Å²) in [7, 11) is 0. The van der Waals surface area contributed by atoms with Crippen LogP contribution in [0.15, 0.2) is 146 Å². The van der Waals surface area contributed by atoms with Gasteiger partial charge in [0, 0.05) is 42.3 Å². The quantitative estimate of drug-likeness (QED) is 0.190. The fraction of sp³-hybridized carbons (Fsp3) is 0.130. The van der Waals surface area contributed by atoms with Crippen molar-refractivity contribution >= 4 is 31.5 Å². The van der Waals surface area contributed by atoms with Gasteiger partial charge in [-0.25, -0.2) is 9.97 Å². The monoisotopic (exact) mass is 646 g/mol. The summed E-state index contributed by atoms with van der Waals surface area (Å²) in [6.45, 7) is 0. The average Bonchev–Trinajstić information content (AvgIpc) is 3.68. The van der Waals surface area contributed by atoms with Crippen molar-refractivity contribution in [3.8, 4) is 56.2 Å². The van der Waals surface area contributed by atoms with Crippen molar-refractivity contribution in [2.75, 3.05) is 0 Å². The summed E-state index contributed by atoms with van der Waals surface area (Å²) in [5.41, 5.74) is 13.8. The van der Waals surface area contributed by atoms with Gasteiger partial charge in [-0.15, -0.1) is 11.3 Å². The highest BCUT2D eigenvalue weighted by Crippen LogP contribution is 2.56. The molecule has 6 aromatic carbocycles. The average molecular weight is 647 g/mol. The Balaban J connectivity index is 1.10. The molecule has 1 fully saturated rings. The van der Waals surface area contributed by atoms with E-state index in [1.165, 1.54) is 74.5 Å². The molecule has 2 aliphatic rings. The van der Waals surface area contributed by atoms with E-state index >= 15 is 0 Å². The van der Waals surface area contributed by atoms with Gasteiger partial charge in [-0.1, -0.05) is 141 Å². The highest BCUT2D eigenvalue weighted by atomic mass is 32.1. The van der Waals surface area contributed by atoms with E-state index in [4.69, 9.17) is 9.97 Å². The maximum Gasteiger partial charge on any atom is 0.160 e. The molecule has 234 valence electrons. The van der Waals surface area contributed by atoms with Crippen molar-refractivity contribution in [1.29, 1.82) is 0 Å². The Kier molecular flexibility index (Phi) is 6.63. The molecule has 0 bridgehead atoms. The maximum absolute atomic E-state index is 5.12. The van der Waals surface area contributed by atoms with Gasteiger partial charge in [0.2, 0.25) is 0 Å². The van der Waals surface area contributed by atoms with E-state index in [1.807, 2.05) is 35.6 Å². The molecule has 0 radical (unpaired) electrons. The molecule has 3 heteroatoms. The third-order valence-electron chi connectivity index (χ3n) is 10.9. The standard InChI is InChI=1S/C46H34N2S/c1-4-13-30(14-5-1)41-29-42(48-45(47-41)31-15-6-2-7-16-31)33-22-24-43-38(28-33)36-19-12-18-34(44(36)49-43)32-21-23-40-37(27-32)35-17-8-9-20-39(35)46(40)25-10-3-11-26-46/h1-2,4-9,12-24,27-29H,3,10-11,25-26H2. The van der Waals surface area contributed by atoms with E-state index in [-0.39, 0.29) is 5.41 Å². The van der Waals surface area contributed by atoms with Crippen LogP contribution in [0.4, 0.5) is 0 Å². The molecule has 2 aliphatic carbocycles. The van der Waals surface area contributed by atoms with E-state index in [2.05, 4.69) is 121 Å². The predicted molar refractivity (Wildman–Crippen MR) is 206 cm³/mol. The molecule has 10 rings (SSSR count). The molecular formula is C46H34N2S. The van der Waals surface area contributed by atoms with Gasteiger partial charge in [0.05, 0.1) is 11.4 Å². The van der Waals surface area contributed by atoms with Crippen LogP contribution < -0.4 is 0 Å². The summed E-state index contributed by atoms with van der Waals surface area (Å²) in [5.74, 6) is 0.739. The second kappa shape index (κ2) is 11.4. The highest BCUT2D eigenvalue weighted by Gasteiger charge is 2.43. The lowest BCUT2D eigenvalue weighted by molar-refractivity contribution is 0.353. The molecule has 2 heterocycles. The minimum Gasteiger partial charge on any atom is -0.228 e. The summed E-state index contributed by atoms with van der Waals surface area (Å²) in [6.07, 6.45) is 6.50. The number of aromatic nitrogens is 2. The van der Waals surface area contributed by atoms with Crippen LogP contribution in [0.25, 0.3) is 76.3 Å². The van der Waals surface area contributed by atoms with Crippen molar-refractivity contribution in [2.45, 2.75) is 37.5 Å². The molecule has 0 atom stereocenters. The first-order valence-corrected chi connectivity index (χ1v) is 18.3. The fourth-order valence-corrected chi connectivity index (χ4v) is 9.80. The minimum atomic E-state index is 0.185. The Bertz CT molecular complexity index is 2470. The molecule has 0 unspecified atom stereocenters. The Morgan fingerprint density at radius 3 is 1.94 bits per heavy atom. The third kappa shape index (κ3) is 4.60. The zero-order valence-corrected chi connectivity index (χ0v) is 28.0. The van der Waals surface area contributed by atoms with Crippen LogP contribution in [0.2, 0.25) is 0 Å². The Morgan fingerprint density at radius 2 is 1.12 bits per heavy atom. The Labute approximate surface area is 290 Å². The van der Waals surface area contributed by atoms with Gasteiger partial charge < -0.3 is 0 Å². The van der Waals surface area contributed by atoms with Crippen LogP contribution in [0.3, 0.4) is 0 Å². The van der Waals surface area contributed by atoms with Crippen molar-refractivity contribution in [1.82, 2.24) is 9.97 Å². The summed E-state index contributed by atoms with van der Waals surface area (Å²) in [5, 5.41) is 2.57. The summed E-state index contributed by atoms with van der Waals surface area (Å²) in [6, 6.07) is 53.0. The summed E-state index contributed by atoms with van der Waals surface area (Å²) in [4.78, 5) is 10.1.